The van der Waals surface area contributed by atoms with Gasteiger partial charge in [0.1, 0.15) is 11.4 Å². The van der Waals surface area contributed by atoms with E-state index in [-0.39, 0.29) is 16.5 Å². The van der Waals surface area contributed by atoms with Crippen molar-refractivity contribution in [2.24, 2.45) is 0 Å². The number of benzene rings is 1. The third-order valence-corrected chi connectivity index (χ3v) is 3.39. The number of phenolic OH excluding ortho intramolecular Hbond substituents is 1. The lowest BCUT2D eigenvalue weighted by Gasteiger charge is -2.10. The average molecular weight is 327 g/mol. The summed E-state index contributed by atoms with van der Waals surface area (Å²) in [5, 5.41) is 13.3. The van der Waals surface area contributed by atoms with Crippen LogP contribution in [0.4, 0.5) is 5.69 Å². The molecule has 0 aliphatic carbocycles. The van der Waals surface area contributed by atoms with Gasteiger partial charge < -0.3 is 15.2 Å². The summed E-state index contributed by atoms with van der Waals surface area (Å²) in [4.78, 5) is 15.2. The number of ether oxygens (including phenoxy) is 1. The lowest BCUT2D eigenvalue weighted by atomic mass is 10.2. The molecule has 0 unspecified atom stereocenters. The van der Waals surface area contributed by atoms with E-state index in [1.807, 2.05) is 0 Å². The number of carbonyl (C=O) groups is 1. The minimum Gasteiger partial charge on any atom is -0.506 e. The molecular weight excluding hydrogens is 315 g/mol. The van der Waals surface area contributed by atoms with Crippen molar-refractivity contribution in [2.45, 2.75) is 6.54 Å². The summed E-state index contributed by atoms with van der Waals surface area (Å²) in [5.41, 5.74) is 1.57. The van der Waals surface area contributed by atoms with Crippen molar-refractivity contribution in [3.05, 3.63) is 51.8 Å². The third-order valence-electron chi connectivity index (χ3n) is 2.73. The molecule has 110 valence electrons. The van der Waals surface area contributed by atoms with Crippen LogP contribution < -0.4 is 5.32 Å². The van der Waals surface area contributed by atoms with Gasteiger partial charge in [-0.25, -0.2) is 9.78 Å². The molecule has 1 heterocycles. The van der Waals surface area contributed by atoms with E-state index in [0.717, 1.165) is 0 Å². The van der Waals surface area contributed by atoms with Crippen LogP contribution in [0.15, 0.2) is 30.5 Å². The Balaban J connectivity index is 2.08. The van der Waals surface area contributed by atoms with Crippen LogP contribution in [0, 0.1) is 0 Å². The zero-order chi connectivity index (χ0) is 15.4. The minimum atomic E-state index is -0.496. The number of hydrogen-bond donors (Lipinski definition) is 2. The Morgan fingerprint density at radius 1 is 1.38 bits per heavy atom. The summed E-state index contributed by atoms with van der Waals surface area (Å²) in [6.45, 7) is 0.353. The zero-order valence-corrected chi connectivity index (χ0v) is 12.6. The quantitative estimate of drug-likeness (QED) is 0.841. The highest BCUT2D eigenvalue weighted by molar-refractivity contribution is 6.34. The summed E-state index contributed by atoms with van der Waals surface area (Å²) in [7, 11) is 1.30. The molecule has 1 aromatic heterocycles. The van der Waals surface area contributed by atoms with E-state index in [4.69, 9.17) is 23.2 Å². The molecule has 5 nitrogen and oxygen atoms in total. The van der Waals surface area contributed by atoms with Crippen LogP contribution in [0.1, 0.15) is 16.1 Å². The normalized spacial score (nSPS) is 10.2. The van der Waals surface area contributed by atoms with Crippen molar-refractivity contribution >= 4 is 34.9 Å². The van der Waals surface area contributed by atoms with E-state index in [0.29, 0.717) is 22.8 Å². The van der Waals surface area contributed by atoms with Crippen molar-refractivity contribution < 1.29 is 14.6 Å². The summed E-state index contributed by atoms with van der Waals surface area (Å²) >= 11 is 11.9. The van der Waals surface area contributed by atoms with Crippen LogP contribution >= 0.6 is 23.2 Å². The molecule has 0 radical (unpaired) electrons. The van der Waals surface area contributed by atoms with Crippen molar-refractivity contribution in [3.63, 3.8) is 0 Å². The van der Waals surface area contributed by atoms with Crippen molar-refractivity contribution in [3.8, 4) is 5.75 Å². The lowest BCUT2D eigenvalue weighted by molar-refractivity contribution is 0.0594. The van der Waals surface area contributed by atoms with Gasteiger partial charge in [0, 0.05) is 17.6 Å². The van der Waals surface area contributed by atoms with Gasteiger partial charge >= 0.3 is 5.97 Å². The molecule has 0 fully saturated rings. The van der Waals surface area contributed by atoms with Gasteiger partial charge in [0.05, 0.1) is 24.0 Å². The van der Waals surface area contributed by atoms with Gasteiger partial charge in [-0.15, -0.1) is 0 Å². The zero-order valence-electron chi connectivity index (χ0n) is 11.1. The van der Waals surface area contributed by atoms with Gasteiger partial charge in [0.25, 0.3) is 0 Å². The lowest BCUT2D eigenvalue weighted by Crippen LogP contribution is -2.05. The van der Waals surface area contributed by atoms with E-state index in [2.05, 4.69) is 15.0 Å². The molecule has 0 aliphatic heterocycles. The second kappa shape index (κ2) is 6.65. The number of nitrogens with zero attached hydrogens (tertiary/aromatic N) is 1. The summed E-state index contributed by atoms with van der Waals surface area (Å²) < 4.78 is 4.57. The number of hydrogen-bond acceptors (Lipinski definition) is 5. The van der Waals surface area contributed by atoms with Crippen LogP contribution in [0.25, 0.3) is 0 Å². The molecule has 1 aromatic carbocycles. The molecular formula is C14H12Cl2N2O3. The number of phenols is 1. The van der Waals surface area contributed by atoms with E-state index < -0.39 is 5.97 Å². The highest BCUT2D eigenvalue weighted by Gasteiger charge is 2.09. The SMILES string of the molecule is COC(=O)c1ccc(NCc2cc(Cl)cc(O)c2Cl)cn1. The highest BCUT2D eigenvalue weighted by Crippen LogP contribution is 2.31. The first-order chi connectivity index (χ1) is 10.0. The Morgan fingerprint density at radius 3 is 2.76 bits per heavy atom. The number of esters is 1. The van der Waals surface area contributed by atoms with Gasteiger partial charge in [0.2, 0.25) is 0 Å². The molecule has 0 atom stereocenters. The Morgan fingerprint density at radius 2 is 2.14 bits per heavy atom. The number of aromatic nitrogens is 1. The van der Waals surface area contributed by atoms with E-state index in [9.17, 15) is 9.90 Å². The number of anilines is 1. The first-order valence-corrected chi connectivity index (χ1v) is 6.72. The van der Waals surface area contributed by atoms with E-state index in [1.165, 1.54) is 19.4 Å². The smallest absolute Gasteiger partial charge is 0.356 e. The molecule has 2 rings (SSSR count). The van der Waals surface area contributed by atoms with Gasteiger partial charge in [-0.2, -0.15) is 0 Å². The molecule has 0 saturated carbocycles. The predicted molar refractivity (Wildman–Crippen MR) is 81.0 cm³/mol. The Labute approximate surface area is 131 Å². The van der Waals surface area contributed by atoms with Gasteiger partial charge in [-0.1, -0.05) is 23.2 Å². The fourth-order valence-electron chi connectivity index (χ4n) is 1.68. The topological polar surface area (TPSA) is 71.5 Å². The third kappa shape index (κ3) is 3.77. The number of halogens is 2. The second-order valence-corrected chi connectivity index (χ2v) is 4.99. The molecule has 0 spiro atoms. The Bertz CT molecular complexity index is 660. The number of aromatic hydroxyl groups is 1. The maximum atomic E-state index is 11.3. The molecule has 7 heteroatoms. The number of rotatable bonds is 4. The standard InChI is InChI=1S/C14H12Cl2N2O3/c1-21-14(20)11-3-2-10(7-18-11)17-6-8-4-9(15)5-12(19)13(8)16/h2-5,7,17,19H,6H2,1H3. The summed E-state index contributed by atoms with van der Waals surface area (Å²) in [6.07, 6.45) is 1.50. The van der Waals surface area contributed by atoms with E-state index >= 15 is 0 Å². The number of pyridine rings is 1. The number of methoxy groups -OCH3 is 1. The molecule has 2 N–H and O–H groups in total. The predicted octanol–water partition coefficient (Wildman–Crippen LogP) is 3.49. The molecule has 0 saturated heterocycles. The fraction of sp³-hybridized carbons (Fsp3) is 0.143. The number of nitrogens with one attached hydrogen (secondary N) is 1. The van der Waals surface area contributed by atoms with Gasteiger partial charge in [-0.3, -0.25) is 0 Å². The largest absolute Gasteiger partial charge is 0.506 e. The van der Waals surface area contributed by atoms with Gasteiger partial charge in [-0.05, 0) is 23.8 Å². The minimum absolute atomic E-state index is 0.0693. The van der Waals surface area contributed by atoms with Crippen molar-refractivity contribution in [1.29, 1.82) is 0 Å². The first kappa shape index (κ1) is 15.4. The van der Waals surface area contributed by atoms with Gasteiger partial charge in [0.15, 0.2) is 0 Å². The van der Waals surface area contributed by atoms with Crippen LogP contribution in [0.5, 0.6) is 5.75 Å². The Kier molecular flexibility index (Phi) is 4.88. The molecule has 0 bridgehead atoms. The van der Waals surface area contributed by atoms with Crippen LogP contribution in [-0.4, -0.2) is 23.2 Å². The average Bonchev–Trinajstić information content (AvgIpc) is 2.49. The maximum absolute atomic E-state index is 11.3. The number of carbonyl (C=O) groups excluding carboxylic acids is 1. The molecule has 2 aromatic rings. The van der Waals surface area contributed by atoms with Crippen molar-refractivity contribution in [2.75, 3.05) is 12.4 Å². The van der Waals surface area contributed by atoms with Crippen LogP contribution in [0.3, 0.4) is 0 Å². The van der Waals surface area contributed by atoms with E-state index in [1.54, 1.807) is 18.2 Å². The monoisotopic (exact) mass is 326 g/mol. The molecule has 0 amide bonds. The van der Waals surface area contributed by atoms with Crippen molar-refractivity contribution in [1.82, 2.24) is 4.98 Å². The fourth-order valence-corrected chi connectivity index (χ4v) is 2.09. The highest BCUT2D eigenvalue weighted by atomic mass is 35.5. The molecule has 0 aliphatic rings. The maximum Gasteiger partial charge on any atom is 0.356 e. The second-order valence-electron chi connectivity index (χ2n) is 4.18. The van der Waals surface area contributed by atoms with Crippen LogP contribution in [-0.2, 0) is 11.3 Å². The first-order valence-electron chi connectivity index (χ1n) is 5.96. The summed E-state index contributed by atoms with van der Waals surface area (Å²) in [6, 6.07) is 6.27. The Hall–Kier alpha value is -1.98. The van der Waals surface area contributed by atoms with Crippen LogP contribution in [0.2, 0.25) is 10.0 Å². The molecule has 21 heavy (non-hydrogen) atoms. The summed E-state index contributed by atoms with van der Waals surface area (Å²) in [5.74, 6) is -0.565.